The van der Waals surface area contributed by atoms with Crippen molar-refractivity contribution in [1.82, 2.24) is 14.7 Å². The van der Waals surface area contributed by atoms with Gasteiger partial charge < -0.3 is 14.7 Å². The number of aromatic nitrogens is 2. The van der Waals surface area contributed by atoms with Gasteiger partial charge >= 0.3 is 5.97 Å². The van der Waals surface area contributed by atoms with Crippen molar-refractivity contribution in [1.29, 1.82) is 0 Å². The number of carbonyl (C=O) groups excluding carboxylic acids is 1. The van der Waals surface area contributed by atoms with Crippen LogP contribution in [0.3, 0.4) is 0 Å². The van der Waals surface area contributed by atoms with E-state index in [1.807, 2.05) is 6.92 Å². The summed E-state index contributed by atoms with van der Waals surface area (Å²) in [7, 11) is 0. The molecule has 1 aromatic rings. The number of aryl methyl sites for hydroxylation is 1. The van der Waals surface area contributed by atoms with Crippen molar-refractivity contribution in [3.8, 4) is 0 Å². The number of nitrogens with zero attached hydrogens (tertiary/aromatic N) is 3. The van der Waals surface area contributed by atoms with E-state index in [0.717, 1.165) is 5.69 Å². The molecule has 0 bridgehead atoms. The molecule has 0 aliphatic carbocycles. The minimum atomic E-state index is -1.03. The minimum absolute atomic E-state index is 0.128. The molecule has 1 fully saturated rings. The third-order valence-corrected chi connectivity index (χ3v) is 4.66. The summed E-state index contributed by atoms with van der Waals surface area (Å²) in [6.07, 6.45) is 4.28. The summed E-state index contributed by atoms with van der Waals surface area (Å²) in [5.74, 6) is -0.978. The van der Waals surface area contributed by atoms with Gasteiger partial charge in [0, 0.05) is 37.4 Å². The fraction of sp³-hybridized carbons (Fsp3) is 0.611. The molecule has 0 unspecified atom stereocenters. The average molecular weight is 384 g/mol. The predicted molar refractivity (Wildman–Crippen MR) is 99.0 cm³/mol. The second kappa shape index (κ2) is 9.19. The highest BCUT2D eigenvalue weighted by molar-refractivity contribution is 6.31. The highest BCUT2D eigenvalue weighted by atomic mass is 35.5. The number of rotatable bonds is 7. The number of aliphatic carboxylic acids is 1. The summed E-state index contributed by atoms with van der Waals surface area (Å²) < 4.78 is 7.02. The van der Waals surface area contributed by atoms with Gasteiger partial charge in [-0.1, -0.05) is 25.4 Å². The fourth-order valence-corrected chi connectivity index (χ4v) is 3.31. The van der Waals surface area contributed by atoms with Crippen LogP contribution < -0.4 is 0 Å². The van der Waals surface area contributed by atoms with Gasteiger partial charge in [-0.2, -0.15) is 5.10 Å². The van der Waals surface area contributed by atoms with Crippen molar-refractivity contribution in [3.05, 3.63) is 22.5 Å². The molecular formula is C18H26ClN3O4. The van der Waals surface area contributed by atoms with E-state index in [2.05, 4.69) is 18.9 Å². The lowest BCUT2D eigenvalue weighted by molar-refractivity contribution is -0.145. The molecule has 1 N–H and O–H groups in total. The number of hydrogen-bond donors (Lipinski definition) is 1. The number of hydrogen-bond acceptors (Lipinski definition) is 4. The van der Waals surface area contributed by atoms with Crippen molar-refractivity contribution >= 4 is 29.6 Å². The Kier molecular flexibility index (Phi) is 7.23. The van der Waals surface area contributed by atoms with Crippen molar-refractivity contribution in [2.45, 2.75) is 46.2 Å². The molecule has 8 heteroatoms. The molecule has 7 nitrogen and oxygen atoms in total. The number of carboxylic acid groups (broad SMARTS) is 1. The first-order valence-electron chi connectivity index (χ1n) is 8.80. The predicted octanol–water partition coefficient (Wildman–Crippen LogP) is 2.61. The molecule has 0 spiro atoms. The fourth-order valence-electron chi connectivity index (χ4n) is 3.00. The molecule has 0 aromatic carbocycles. The molecular weight excluding hydrogens is 358 g/mol. The van der Waals surface area contributed by atoms with Gasteiger partial charge in [0.1, 0.15) is 11.7 Å². The van der Waals surface area contributed by atoms with E-state index < -0.39 is 5.97 Å². The summed E-state index contributed by atoms with van der Waals surface area (Å²) in [5, 5.41) is 14.0. The van der Waals surface area contributed by atoms with Crippen molar-refractivity contribution in [2.24, 2.45) is 5.92 Å². The Morgan fingerprint density at radius 3 is 2.65 bits per heavy atom. The summed E-state index contributed by atoms with van der Waals surface area (Å²) in [6.45, 7) is 7.41. The Balaban J connectivity index is 2.17. The molecule has 1 aromatic heterocycles. The zero-order valence-corrected chi connectivity index (χ0v) is 16.2. The highest BCUT2D eigenvalue weighted by Crippen LogP contribution is 2.23. The number of carboxylic acids is 1. The van der Waals surface area contributed by atoms with Crippen LogP contribution in [0.2, 0.25) is 5.15 Å². The second-order valence-electron chi connectivity index (χ2n) is 6.90. The molecule has 144 valence electrons. The zero-order valence-electron chi connectivity index (χ0n) is 15.4. The Morgan fingerprint density at radius 2 is 2.08 bits per heavy atom. The molecule has 1 aliphatic heterocycles. The van der Waals surface area contributed by atoms with E-state index >= 15 is 0 Å². The summed E-state index contributed by atoms with van der Waals surface area (Å²) >= 11 is 6.38. The number of ether oxygens (including phenoxy) is 1. The van der Waals surface area contributed by atoms with E-state index in [-0.39, 0.29) is 18.5 Å². The first-order chi connectivity index (χ1) is 12.3. The quantitative estimate of drug-likeness (QED) is 0.731. The van der Waals surface area contributed by atoms with Crippen LogP contribution in [-0.2, 0) is 20.9 Å². The van der Waals surface area contributed by atoms with Gasteiger partial charge in [0.2, 0.25) is 5.91 Å². The highest BCUT2D eigenvalue weighted by Gasteiger charge is 2.26. The first kappa shape index (κ1) is 20.5. The van der Waals surface area contributed by atoms with Crippen molar-refractivity contribution in [2.75, 3.05) is 19.8 Å². The Bertz CT molecular complexity index is 678. The van der Waals surface area contributed by atoms with Crippen LogP contribution in [0.15, 0.2) is 6.08 Å². The van der Waals surface area contributed by atoms with Crippen LogP contribution in [0.25, 0.3) is 6.08 Å². The third kappa shape index (κ3) is 5.32. The molecule has 2 rings (SSSR count). The Labute approximate surface area is 158 Å². The van der Waals surface area contributed by atoms with Gasteiger partial charge in [0.15, 0.2) is 0 Å². The van der Waals surface area contributed by atoms with Gasteiger partial charge in [0.25, 0.3) is 0 Å². The summed E-state index contributed by atoms with van der Waals surface area (Å²) in [6, 6.07) is -0.128. The molecule has 0 atom stereocenters. The molecule has 1 aliphatic rings. The Morgan fingerprint density at radius 1 is 1.42 bits per heavy atom. The van der Waals surface area contributed by atoms with E-state index in [0.29, 0.717) is 49.2 Å². The van der Waals surface area contributed by atoms with Gasteiger partial charge in [-0.15, -0.1) is 0 Å². The molecule has 0 radical (unpaired) electrons. The summed E-state index contributed by atoms with van der Waals surface area (Å²) in [5.41, 5.74) is 1.42. The SMILES string of the molecule is Cc1nn(CC(C)C)c(Cl)c1/C=C/C(=O)N(CC(=O)O)C1CCOCC1. The van der Waals surface area contributed by atoms with Crippen LogP contribution in [-0.4, -0.2) is 57.5 Å². The van der Waals surface area contributed by atoms with Crippen LogP contribution in [0, 0.1) is 12.8 Å². The molecule has 26 heavy (non-hydrogen) atoms. The lowest BCUT2D eigenvalue weighted by atomic mass is 10.1. The monoisotopic (exact) mass is 383 g/mol. The van der Waals surface area contributed by atoms with Crippen molar-refractivity contribution in [3.63, 3.8) is 0 Å². The number of amides is 1. The maximum Gasteiger partial charge on any atom is 0.323 e. The van der Waals surface area contributed by atoms with Gasteiger partial charge in [-0.3, -0.25) is 14.3 Å². The molecule has 1 saturated heterocycles. The second-order valence-corrected chi connectivity index (χ2v) is 7.26. The van der Waals surface area contributed by atoms with Crippen molar-refractivity contribution < 1.29 is 19.4 Å². The topological polar surface area (TPSA) is 84.7 Å². The molecule has 0 saturated carbocycles. The molecule has 1 amide bonds. The smallest absolute Gasteiger partial charge is 0.323 e. The minimum Gasteiger partial charge on any atom is -0.480 e. The molecule has 2 heterocycles. The van der Waals surface area contributed by atoms with Gasteiger partial charge in [-0.05, 0) is 31.8 Å². The standard InChI is InChI=1S/C18H26ClN3O4/c1-12(2)10-22-18(19)15(13(3)20-22)4-5-16(23)21(11-17(24)25)14-6-8-26-9-7-14/h4-5,12,14H,6-11H2,1-3H3,(H,24,25)/b5-4+. The van der Waals surface area contributed by atoms with Gasteiger partial charge in [-0.25, -0.2) is 0 Å². The largest absolute Gasteiger partial charge is 0.480 e. The zero-order chi connectivity index (χ0) is 19.3. The van der Waals surface area contributed by atoms with Crippen LogP contribution in [0.4, 0.5) is 0 Å². The van der Waals surface area contributed by atoms with Crippen LogP contribution >= 0.6 is 11.6 Å². The third-order valence-electron chi connectivity index (χ3n) is 4.26. The van der Waals surface area contributed by atoms with E-state index in [1.54, 1.807) is 10.8 Å². The van der Waals surface area contributed by atoms with E-state index in [9.17, 15) is 9.59 Å². The number of halogens is 1. The normalized spacial score (nSPS) is 15.7. The van der Waals surface area contributed by atoms with Crippen LogP contribution in [0.1, 0.15) is 37.9 Å². The van der Waals surface area contributed by atoms with E-state index in [4.69, 9.17) is 21.4 Å². The maximum absolute atomic E-state index is 12.6. The Hall–Kier alpha value is -1.86. The average Bonchev–Trinajstić information content (AvgIpc) is 2.84. The van der Waals surface area contributed by atoms with Gasteiger partial charge in [0.05, 0.1) is 5.69 Å². The van der Waals surface area contributed by atoms with E-state index in [1.165, 1.54) is 11.0 Å². The number of carbonyl (C=O) groups is 2. The lowest BCUT2D eigenvalue weighted by Crippen LogP contribution is -2.45. The maximum atomic E-state index is 12.6. The first-order valence-corrected chi connectivity index (χ1v) is 9.18. The summed E-state index contributed by atoms with van der Waals surface area (Å²) in [4.78, 5) is 25.2. The van der Waals surface area contributed by atoms with Crippen LogP contribution in [0.5, 0.6) is 0 Å². The lowest BCUT2D eigenvalue weighted by Gasteiger charge is -2.32.